The molecular formula is C25H24N2O4. The zero-order valence-corrected chi connectivity index (χ0v) is 17.4. The number of esters is 1. The van der Waals surface area contributed by atoms with Crippen molar-refractivity contribution in [3.05, 3.63) is 102 Å². The normalized spacial score (nSPS) is 12.3. The number of benzene rings is 3. The van der Waals surface area contributed by atoms with Gasteiger partial charge in [0, 0.05) is 16.8 Å². The second-order valence-corrected chi connectivity index (χ2v) is 7.07. The summed E-state index contributed by atoms with van der Waals surface area (Å²) in [7, 11) is 1.32. The molecule has 6 nitrogen and oxygen atoms in total. The number of methoxy groups -OCH3 is 1. The lowest BCUT2D eigenvalue weighted by Crippen LogP contribution is -2.36. The highest BCUT2D eigenvalue weighted by Crippen LogP contribution is 2.24. The smallest absolute Gasteiger partial charge is 0.310 e. The minimum Gasteiger partial charge on any atom is -0.469 e. The Kier molecular flexibility index (Phi) is 7.17. The van der Waals surface area contributed by atoms with Gasteiger partial charge in [-0.2, -0.15) is 0 Å². The van der Waals surface area contributed by atoms with Crippen LogP contribution in [0.5, 0.6) is 0 Å². The lowest BCUT2D eigenvalue weighted by molar-refractivity contribution is -0.145. The van der Waals surface area contributed by atoms with Gasteiger partial charge in [-0.25, -0.2) is 0 Å². The van der Waals surface area contributed by atoms with Crippen molar-refractivity contribution >= 4 is 23.5 Å². The van der Waals surface area contributed by atoms with Gasteiger partial charge in [0.2, 0.25) is 0 Å². The van der Waals surface area contributed by atoms with Gasteiger partial charge in [-0.05, 0) is 48.9 Å². The highest BCUT2D eigenvalue weighted by atomic mass is 16.5. The van der Waals surface area contributed by atoms with Gasteiger partial charge in [0.05, 0.1) is 19.1 Å². The number of nitrogens with one attached hydrogen (secondary N) is 2. The molecule has 0 aliphatic heterocycles. The van der Waals surface area contributed by atoms with Crippen molar-refractivity contribution in [1.82, 2.24) is 5.32 Å². The Morgan fingerprint density at radius 3 is 1.87 bits per heavy atom. The Morgan fingerprint density at radius 2 is 1.29 bits per heavy atom. The van der Waals surface area contributed by atoms with Gasteiger partial charge in [0.15, 0.2) is 0 Å². The highest BCUT2D eigenvalue weighted by Gasteiger charge is 2.28. The van der Waals surface area contributed by atoms with Gasteiger partial charge in [0.25, 0.3) is 11.8 Å². The standard InChI is InChI=1S/C25H24N2O4/c1-17(25(30)31-2)22(18-9-5-3-6-10-18)27-24(29)20-13-15-21(16-14-20)26-23(28)19-11-7-4-8-12-19/h3-17,22H,1-2H3,(H,26,28)(H,27,29)/t17-,22+/m0/s1. The third kappa shape index (κ3) is 5.57. The van der Waals surface area contributed by atoms with E-state index in [0.29, 0.717) is 16.8 Å². The van der Waals surface area contributed by atoms with E-state index in [9.17, 15) is 14.4 Å². The molecule has 0 saturated carbocycles. The van der Waals surface area contributed by atoms with Gasteiger partial charge in [-0.1, -0.05) is 48.5 Å². The molecule has 0 radical (unpaired) electrons. The number of anilines is 1. The van der Waals surface area contributed by atoms with E-state index in [2.05, 4.69) is 10.6 Å². The maximum absolute atomic E-state index is 12.8. The molecule has 0 spiro atoms. The van der Waals surface area contributed by atoms with Crippen molar-refractivity contribution in [3.8, 4) is 0 Å². The van der Waals surface area contributed by atoms with Crippen LogP contribution < -0.4 is 10.6 Å². The lowest BCUT2D eigenvalue weighted by Gasteiger charge is -2.24. The number of hydrogen-bond donors (Lipinski definition) is 2. The molecule has 3 aromatic rings. The van der Waals surface area contributed by atoms with Crippen molar-refractivity contribution in [1.29, 1.82) is 0 Å². The lowest BCUT2D eigenvalue weighted by atomic mass is 9.94. The predicted octanol–water partition coefficient (Wildman–Crippen LogP) is 4.22. The van der Waals surface area contributed by atoms with Gasteiger partial charge < -0.3 is 15.4 Å². The average molecular weight is 416 g/mol. The molecule has 158 valence electrons. The zero-order valence-electron chi connectivity index (χ0n) is 17.4. The first-order chi connectivity index (χ1) is 15.0. The fourth-order valence-electron chi connectivity index (χ4n) is 3.20. The zero-order chi connectivity index (χ0) is 22.2. The van der Waals surface area contributed by atoms with E-state index in [1.54, 1.807) is 55.5 Å². The molecular weight excluding hydrogens is 392 g/mol. The van der Waals surface area contributed by atoms with Crippen LogP contribution in [0.15, 0.2) is 84.9 Å². The number of carbonyl (C=O) groups is 3. The van der Waals surface area contributed by atoms with Crippen molar-refractivity contribution in [3.63, 3.8) is 0 Å². The maximum atomic E-state index is 12.8. The molecule has 0 saturated heterocycles. The van der Waals surface area contributed by atoms with Crippen LogP contribution in [0.25, 0.3) is 0 Å². The molecule has 0 aliphatic carbocycles. The van der Waals surface area contributed by atoms with Gasteiger partial charge in [0.1, 0.15) is 0 Å². The topological polar surface area (TPSA) is 84.5 Å². The number of ether oxygens (including phenoxy) is 1. The Labute approximate surface area is 181 Å². The summed E-state index contributed by atoms with van der Waals surface area (Å²) in [6.45, 7) is 1.71. The molecule has 6 heteroatoms. The first-order valence-corrected chi connectivity index (χ1v) is 9.89. The molecule has 31 heavy (non-hydrogen) atoms. The number of hydrogen-bond acceptors (Lipinski definition) is 4. The third-order valence-electron chi connectivity index (χ3n) is 4.96. The van der Waals surface area contributed by atoms with E-state index in [-0.39, 0.29) is 11.8 Å². The van der Waals surface area contributed by atoms with E-state index in [1.807, 2.05) is 36.4 Å². The summed E-state index contributed by atoms with van der Waals surface area (Å²) < 4.78 is 4.86. The Morgan fingerprint density at radius 1 is 0.742 bits per heavy atom. The van der Waals surface area contributed by atoms with E-state index >= 15 is 0 Å². The van der Waals surface area contributed by atoms with E-state index in [0.717, 1.165) is 5.56 Å². The average Bonchev–Trinajstić information content (AvgIpc) is 2.83. The maximum Gasteiger partial charge on any atom is 0.310 e. The van der Waals surface area contributed by atoms with Crippen LogP contribution >= 0.6 is 0 Å². The van der Waals surface area contributed by atoms with Crippen molar-refractivity contribution in [2.75, 3.05) is 12.4 Å². The fourth-order valence-corrected chi connectivity index (χ4v) is 3.20. The summed E-state index contributed by atoms with van der Waals surface area (Å²) in [5, 5.41) is 5.72. The van der Waals surface area contributed by atoms with Crippen LogP contribution in [-0.4, -0.2) is 24.9 Å². The minimum atomic E-state index is -0.569. The second-order valence-electron chi connectivity index (χ2n) is 7.07. The van der Waals surface area contributed by atoms with Gasteiger partial charge in [-0.3, -0.25) is 14.4 Å². The van der Waals surface area contributed by atoms with Crippen LogP contribution in [0, 0.1) is 5.92 Å². The molecule has 0 heterocycles. The Bertz CT molecular complexity index is 1030. The van der Waals surface area contributed by atoms with Crippen LogP contribution in [0.1, 0.15) is 39.2 Å². The molecule has 0 aromatic heterocycles. The first-order valence-electron chi connectivity index (χ1n) is 9.89. The van der Waals surface area contributed by atoms with Gasteiger partial charge in [-0.15, -0.1) is 0 Å². The molecule has 2 atom stereocenters. The largest absolute Gasteiger partial charge is 0.469 e. The second kappa shape index (κ2) is 10.2. The molecule has 3 aromatic carbocycles. The molecule has 0 aliphatic rings. The molecule has 3 rings (SSSR count). The summed E-state index contributed by atoms with van der Waals surface area (Å²) in [6, 6.07) is 24.2. The van der Waals surface area contributed by atoms with Crippen LogP contribution in [0.4, 0.5) is 5.69 Å². The van der Waals surface area contributed by atoms with Crippen LogP contribution in [0.3, 0.4) is 0 Å². The fraction of sp³-hybridized carbons (Fsp3) is 0.160. The van der Waals surface area contributed by atoms with Crippen LogP contribution in [0.2, 0.25) is 0 Å². The van der Waals surface area contributed by atoms with E-state index < -0.39 is 17.9 Å². The third-order valence-corrected chi connectivity index (χ3v) is 4.96. The SMILES string of the molecule is COC(=O)[C@@H](C)[C@@H](NC(=O)c1ccc(NC(=O)c2ccccc2)cc1)c1ccccc1. The first kappa shape index (κ1) is 21.8. The number of carbonyl (C=O) groups excluding carboxylic acids is 3. The number of rotatable bonds is 7. The Hall–Kier alpha value is -3.93. The summed E-state index contributed by atoms with van der Waals surface area (Å²) in [5.41, 5.74) is 2.34. The predicted molar refractivity (Wildman–Crippen MR) is 119 cm³/mol. The van der Waals surface area contributed by atoms with E-state index in [4.69, 9.17) is 4.74 Å². The van der Waals surface area contributed by atoms with Gasteiger partial charge >= 0.3 is 5.97 Å². The quantitative estimate of drug-likeness (QED) is 0.565. The molecule has 0 bridgehead atoms. The minimum absolute atomic E-state index is 0.228. The van der Waals surface area contributed by atoms with Crippen molar-refractivity contribution in [2.24, 2.45) is 5.92 Å². The number of amides is 2. The Balaban J connectivity index is 1.72. The summed E-state index contributed by atoms with van der Waals surface area (Å²) in [5.74, 6) is -1.53. The molecule has 2 N–H and O–H groups in total. The highest BCUT2D eigenvalue weighted by molar-refractivity contribution is 6.04. The molecule has 0 unspecified atom stereocenters. The molecule has 0 fully saturated rings. The molecule has 2 amide bonds. The van der Waals surface area contributed by atoms with E-state index in [1.165, 1.54) is 7.11 Å². The summed E-state index contributed by atoms with van der Waals surface area (Å²) in [6.07, 6.45) is 0. The van der Waals surface area contributed by atoms with Crippen molar-refractivity contribution < 1.29 is 19.1 Å². The summed E-state index contributed by atoms with van der Waals surface area (Å²) >= 11 is 0. The van der Waals surface area contributed by atoms with Crippen LogP contribution in [-0.2, 0) is 9.53 Å². The van der Waals surface area contributed by atoms with Crippen molar-refractivity contribution in [2.45, 2.75) is 13.0 Å². The monoisotopic (exact) mass is 416 g/mol. The summed E-state index contributed by atoms with van der Waals surface area (Å²) in [4.78, 5) is 37.2.